The number of pyridine rings is 1. The largest absolute Gasteiger partial charge is 0.310 e. The Morgan fingerprint density at radius 3 is 2.41 bits per heavy atom. The van der Waals surface area contributed by atoms with Crippen molar-refractivity contribution in [1.29, 1.82) is 0 Å². The van der Waals surface area contributed by atoms with Crippen LogP contribution in [0, 0.1) is 21.7 Å². The molecule has 0 spiro atoms. The van der Waals surface area contributed by atoms with Gasteiger partial charge in [-0.1, -0.05) is 11.6 Å². The molecule has 0 bridgehead atoms. The number of hydrogen-bond acceptors (Lipinski definition) is 5. The molecule has 172 valence electrons. The fourth-order valence-corrected chi connectivity index (χ4v) is 3.78. The van der Waals surface area contributed by atoms with Crippen LogP contribution in [0.5, 0.6) is 0 Å². The first-order valence-corrected chi connectivity index (χ1v) is 10.3. The minimum Gasteiger partial charge on any atom is -0.310 e. The van der Waals surface area contributed by atoms with Gasteiger partial charge in [-0.2, -0.15) is 5.10 Å². The summed E-state index contributed by atoms with van der Waals surface area (Å²) in [5, 5.41) is 17.9. The van der Waals surface area contributed by atoms with Gasteiger partial charge in [-0.25, -0.2) is 8.78 Å². The number of anilines is 1. The predicted octanol–water partition coefficient (Wildman–Crippen LogP) is 5.17. The van der Waals surface area contributed by atoms with E-state index in [1.165, 1.54) is 16.8 Å². The maximum atomic E-state index is 14.3. The monoisotopic (exact) mass is 483 g/mol. The quantitative estimate of drug-likeness (QED) is 0.301. The second-order valence-corrected chi connectivity index (χ2v) is 7.66. The van der Waals surface area contributed by atoms with Gasteiger partial charge in [-0.05, 0) is 48.0 Å². The van der Waals surface area contributed by atoms with Crippen molar-refractivity contribution in [3.05, 3.63) is 93.3 Å². The SMILES string of the molecule is Cn1nc(-c2ccc(F)cc2)c(-c2ccncc2)c1NC(=O)Cc1c(F)ccc([N+](=O)[O-])c1Cl. The molecule has 0 saturated heterocycles. The number of nitro benzene ring substituents is 1. The van der Waals surface area contributed by atoms with E-state index >= 15 is 0 Å². The lowest BCUT2D eigenvalue weighted by Crippen LogP contribution is -2.18. The predicted molar refractivity (Wildman–Crippen MR) is 122 cm³/mol. The molecule has 0 aliphatic carbocycles. The highest BCUT2D eigenvalue weighted by Crippen LogP contribution is 2.37. The van der Waals surface area contributed by atoms with Gasteiger partial charge in [0.15, 0.2) is 0 Å². The number of aryl methyl sites for hydroxylation is 1. The summed E-state index contributed by atoms with van der Waals surface area (Å²) in [6, 6.07) is 11.0. The molecule has 4 rings (SSSR count). The van der Waals surface area contributed by atoms with E-state index in [0.29, 0.717) is 22.4 Å². The standard InChI is InChI=1S/C23H16ClF2N5O3/c1-30-23(28-19(32)12-16-17(26)6-7-18(21(16)24)31(33)34)20(13-8-10-27-11-9-13)22(29-30)14-2-4-15(25)5-3-14/h2-11H,12H2,1H3,(H,28,32). The summed E-state index contributed by atoms with van der Waals surface area (Å²) in [7, 11) is 1.61. The molecule has 34 heavy (non-hydrogen) atoms. The topological polar surface area (TPSA) is 103 Å². The fourth-order valence-electron chi connectivity index (χ4n) is 3.49. The van der Waals surface area contributed by atoms with Crippen molar-refractivity contribution in [3.63, 3.8) is 0 Å². The van der Waals surface area contributed by atoms with E-state index in [1.807, 2.05) is 0 Å². The van der Waals surface area contributed by atoms with Crippen LogP contribution < -0.4 is 5.32 Å². The Morgan fingerprint density at radius 2 is 1.76 bits per heavy atom. The molecular formula is C23H16ClF2N5O3. The molecule has 0 radical (unpaired) electrons. The lowest BCUT2D eigenvalue weighted by atomic mass is 10.0. The Bertz CT molecular complexity index is 1390. The number of carbonyl (C=O) groups is 1. The van der Waals surface area contributed by atoms with Crippen LogP contribution in [0.2, 0.25) is 5.02 Å². The summed E-state index contributed by atoms with van der Waals surface area (Å²) in [5.74, 6) is -1.62. The van der Waals surface area contributed by atoms with E-state index in [4.69, 9.17) is 11.6 Å². The summed E-state index contributed by atoms with van der Waals surface area (Å²) in [5.41, 5.74) is 1.51. The molecule has 2 heterocycles. The summed E-state index contributed by atoms with van der Waals surface area (Å²) < 4.78 is 29.2. The summed E-state index contributed by atoms with van der Waals surface area (Å²) in [6.45, 7) is 0. The number of aromatic nitrogens is 3. The van der Waals surface area contributed by atoms with Gasteiger partial charge in [0.25, 0.3) is 5.69 Å². The van der Waals surface area contributed by atoms with Gasteiger partial charge in [-0.3, -0.25) is 24.6 Å². The number of amides is 1. The van der Waals surface area contributed by atoms with Crippen LogP contribution in [0.3, 0.4) is 0 Å². The lowest BCUT2D eigenvalue weighted by Gasteiger charge is -2.11. The molecule has 1 N–H and O–H groups in total. The smallest absolute Gasteiger partial charge is 0.288 e. The average Bonchev–Trinajstić information content (AvgIpc) is 3.13. The third kappa shape index (κ3) is 4.48. The molecule has 0 unspecified atom stereocenters. The Kier molecular flexibility index (Phi) is 6.33. The number of hydrogen-bond donors (Lipinski definition) is 1. The van der Waals surface area contributed by atoms with E-state index < -0.39 is 39.6 Å². The van der Waals surface area contributed by atoms with Crippen LogP contribution in [0.1, 0.15) is 5.56 Å². The molecule has 0 aliphatic heterocycles. The zero-order chi connectivity index (χ0) is 24.4. The van der Waals surface area contributed by atoms with Crippen LogP contribution in [-0.4, -0.2) is 25.6 Å². The van der Waals surface area contributed by atoms with Crippen LogP contribution in [0.15, 0.2) is 60.9 Å². The normalized spacial score (nSPS) is 10.8. The molecule has 1 amide bonds. The summed E-state index contributed by atoms with van der Waals surface area (Å²) >= 11 is 5.99. The van der Waals surface area contributed by atoms with Crippen molar-refractivity contribution in [2.24, 2.45) is 7.05 Å². The van der Waals surface area contributed by atoms with Gasteiger partial charge in [-0.15, -0.1) is 0 Å². The van der Waals surface area contributed by atoms with Crippen LogP contribution in [-0.2, 0) is 18.3 Å². The van der Waals surface area contributed by atoms with Gasteiger partial charge in [0.05, 0.1) is 16.9 Å². The zero-order valence-electron chi connectivity index (χ0n) is 17.6. The molecule has 8 nitrogen and oxygen atoms in total. The first kappa shape index (κ1) is 23.0. The fraction of sp³-hybridized carbons (Fsp3) is 0.0870. The lowest BCUT2D eigenvalue weighted by molar-refractivity contribution is -0.384. The van der Waals surface area contributed by atoms with Crippen molar-refractivity contribution < 1.29 is 18.5 Å². The van der Waals surface area contributed by atoms with Gasteiger partial charge in [0.1, 0.15) is 28.2 Å². The number of benzene rings is 2. The van der Waals surface area contributed by atoms with Crippen LogP contribution in [0.25, 0.3) is 22.4 Å². The maximum absolute atomic E-state index is 14.3. The van der Waals surface area contributed by atoms with E-state index in [0.717, 1.165) is 12.1 Å². The van der Waals surface area contributed by atoms with Crippen molar-refractivity contribution in [2.75, 3.05) is 5.32 Å². The third-order valence-electron chi connectivity index (χ3n) is 5.09. The number of nitro groups is 1. The highest BCUT2D eigenvalue weighted by atomic mass is 35.5. The minimum atomic E-state index is -0.836. The van der Waals surface area contributed by atoms with E-state index in [-0.39, 0.29) is 11.4 Å². The number of halogens is 3. The third-order valence-corrected chi connectivity index (χ3v) is 5.51. The Labute approximate surface area is 197 Å². The molecule has 4 aromatic rings. The highest BCUT2D eigenvalue weighted by molar-refractivity contribution is 6.33. The van der Waals surface area contributed by atoms with E-state index in [1.54, 1.807) is 43.7 Å². The van der Waals surface area contributed by atoms with Crippen molar-refractivity contribution >= 4 is 29.0 Å². The second-order valence-electron chi connectivity index (χ2n) is 7.28. The molecule has 2 aromatic heterocycles. The zero-order valence-corrected chi connectivity index (χ0v) is 18.4. The Morgan fingerprint density at radius 1 is 1.09 bits per heavy atom. The summed E-state index contributed by atoms with van der Waals surface area (Å²) in [4.78, 5) is 27.3. The second kappa shape index (κ2) is 9.36. The van der Waals surface area contributed by atoms with Crippen molar-refractivity contribution in [2.45, 2.75) is 6.42 Å². The number of rotatable bonds is 6. The summed E-state index contributed by atoms with van der Waals surface area (Å²) in [6.07, 6.45) is 2.60. The molecule has 0 fully saturated rings. The van der Waals surface area contributed by atoms with Crippen LogP contribution >= 0.6 is 11.6 Å². The maximum Gasteiger partial charge on any atom is 0.288 e. The van der Waals surface area contributed by atoms with Gasteiger partial charge < -0.3 is 5.32 Å². The van der Waals surface area contributed by atoms with E-state index in [2.05, 4.69) is 15.4 Å². The first-order chi connectivity index (χ1) is 16.3. The first-order valence-electron chi connectivity index (χ1n) is 9.90. The van der Waals surface area contributed by atoms with Gasteiger partial charge in [0.2, 0.25) is 5.91 Å². The number of nitrogens with one attached hydrogen (secondary N) is 1. The molecule has 0 saturated carbocycles. The minimum absolute atomic E-state index is 0.289. The van der Waals surface area contributed by atoms with Crippen LogP contribution in [0.4, 0.5) is 20.3 Å². The molecule has 11 heteroatoms. The highest BCUT2D eigenvalue weighted by Gasteiger charge is 2.24. The van der Waals surface area contributed by atoms with E-state index in [9.17, 15) is 23.7 Å². The molecule has 0 aliphatic rings. The number of nitrogens with zero attached hydrogens (tertiary/aromatic N) is 4. The Hall–Kier alpha value is -4.18. The Balaban J connectivity index is 1.74. The molecule has 0 atom stereocenters. The van der Waals surface area contributed by atoms with Gasteiger partial charge >= 0.3 is 0 Å². The molecule has 2 aromatic carbocycles. The number of carbonyl (C=O) groups excluding carboxylic acids is 1. The van der Waals surface area contributed by atoms with Gasteiger partial charge in [0, 0.05) is 36.6 Å². The molecular weight excluding hydrogens is 468 g/mol. The average molecular weight is 484 g/mol. The van der Waals surface area contributed by atoms with Crippen molar-refractivity contribution in [1.82, 2.24) is 14.8 Å². The van der Waals surface area contributed by atoms with Crippen molar-refractivity contribution in [3.8, 4) is 22.4 Å².